The Morgan fingerprint density at radius 1 is 1.33 bits per heavy atom. The Morgan fingerprint density at radius 3 is 2.75 bits per heavy atom. The largest absolute Gasteiger partial charge is 0.156 e. The fourth-order valence-corrected chi connectivity index (χ4v) is 2.52. The van der Waals surface area contributed by atoms with Gasteiger partial charge in [-0.25, -0.2) is 0 Å². The highest BCUT2D eigenvalue weighted by atomic mass is 79.9. The minimum atomic E-state index is 0.731. The number of alkyl halides is 1. The molecule has 0 unspecified atom stereocenters. The fourth-order valence-electron chi connectivity index (χ4n) is 0.852. The Morgan fingerprint density at radius 2 is 2.08 bits per heavy atom. The first kappa shape index (κ1) is 10.4. The van der Waals surface area contributed by atoms with Crippen LogP contribution in [0.15, 0.2) is 28.7 Å². The molecule has 0 aliphatic carbocycles. The SMILES string of the molecule is ClCCSCc1ccccc1Br. The van der Waals surface area contributed by atoms with Crippen LogP contribution in [0.4, 0.5) is 0 Å². The lowest BCUT2D eigenvalue weighted by Gasteiger charge is -2.01. The molecule has 0 atom stereocenters. The molecule has 12 heavy (non-hydrogen) atoms. The Hall–Kier alpha value is 0.340. The molecule has 0 bridgehead atoms. The van der Waals surface area contributed by atoms with Crippen molar-refractivity contribution >= 4 is 39.3 Å². The number of rotatable bonds is 4. The predicted molar refractivity (Wildman–Crippen MR) is 61.0 cm³/mol. The first-order chi connectivity index (χ1) is 5.84. The van der Waals surface area contributed by atoms with Crippen molar-refractivity contribution < 1.29 is 0 Å². The van der Waals surface area contributed by atoms with E-state index in [1.807, 2.05) is 17.8 Å². The molecule has 0 aromatic heterocycles. The van der Waals surface area contributed by atoms with Gasteiger partial charge in [-0.2, -0.15) is 11.8 Å². The van der Waals surface area contributed by atoms with E-state index in [1.165, 1.54) is 10.0 Å². The summed E-state index contributed by atoms with van der Waals surface area (Å²) in [5, 5.41) is 0. The van der Waals surface area contributed by atoms with Crippen LogP contribution >= 0.6 is 39.3 Å². The molecule has 66 valence electrons. The zero-order valence-corrected chi connectivity index (χ0v) is 9.75. The number of thioether (sulfide) groups is 1. The zero-order chi connectivity index (χ0) is 8.81. The summed E-state index contributed by atoms with van der Waals surface area (Å²) in [5.41, 5.74) is 1.34. The van der Waals surface area contributed by atoms with Crippen LogP contribution in [0.1, 0.15) is 5.56 Å². The van der Waals surface area contributed by atoms with Gasteiger partial charge in [-0.05, 0) is 11.6 Å². The molecule has 0 N–H and O–H groups in total. The van der Waals surface area contributed by atoms with E-state index in [-0.39, 0.29) is 0 Å². The molecule has 1 aromatic carbocycles. The summed E-state index contributed by atoms with van der Waals surface area (Å²) in [6.07, 6.45) is 0. The molecule has 1 aromatic rings. The van der Waals surface area contributed by atoms with Crippen molar-refractivity contribution in [2.24, 2.45) is 0 Å². The van der Waals surface area contributed by atoms with E-state index >= 15 is 0 Å². The maximum atomic E-state index is 5.57. The first-order valence-corrected chi connectivity index (χ1v) is 6.20. The molecule has 0 spiro atoms. The van der Waals surface area contributed by atoms with Crippen LogP contribution in [0.2, 0.25) is 0 Å². The zero-order valence-electron chi connectivity index (χ0n) is 6.59. The van der Waals surface area contributed by atoms with Gasteiger partial charge in [-0.15, -0.1) is 11.6 Å². The van der Waals surface area contributed by atoms with Crippen LogP contribution in [0.25, 0.3) is 0 Å². The standard InChI is InChI=1S/C9H10BrClS/c10-9-4-2-1-3-8(9)7-12-6-5-11/h1-4H,5-7H2. The second-order valence-corrected chi connectivity index (χ2v) is 4.67. The van der Waals surface area contributed by atoms with Crippen LogP contribution in [-0.2, 0) is 5.75 Å². The third-order valence-corrected chi connectivity index (χ3v) is 3.63. The molecular weight excluding hydrogens is 256 g/mol. The van der Waals surface area contributed by atoms with Crippen LogP contribution in [0.3, 0.4) is 0 Å². The molecule has 3 heteroatoms. The molecule has 0 nitrogen and oxygen atoms in total. The molecule has 0 radical (unpaired) electrons. The van der Waals surface area contributed by atoms with E-state index < -0.39 is 0 Å². The van der Waals surface area contributed by atoms with Crippen molar-refractivity contribution in [2.75, 3.05) is 11.6 Å². The molecule has 0 aliphatic heterocycles. The molecule has 0 fully saturated rings. The summed E-state index contributed by atoms with van der Waals surface area (Å²) in [6, 6.07) is 8.28. The van der Waals surface area contributed by atoms with Gasteiger partial charge in [0.15, 0.2) is 0 Å². The number of benzene rings is 1. The van der Waals surface area contributed by atoms with Crippen molar-refractivity contribution in [3.63, 3.8) is 0 Å². The average molecular weight is 266 g/mol. The highest BCUT2D eigenvalue weighted by Gasteiger charge is 1.97. The smallest absolute Gasteiger partial charge is 0.0314 e. The van der Waals surface area contributed by atoms with Gasteiger partial charge >= 0.3 is 0 Å². The molecule has 0 amide bonds. The number of halogens is 2. The second kappa shape index (κ2) is 5.90. The molecule has 0 saturated heterocycles. The molecule has 1 rings (SSSR count). The topological polar surface area (TPSA) is 0 Å². The van der Waals surface area contributed by atoms with Crippen LogP contribution in [0.5, 0.6) is 0 Å². The molecule has 0 aliphatic rings. The minimum absolute atomic E-state index is 0.731. The van der Waals surface area contributed by atoms with Gasteiger partial charge < -0.3 is 0 Å². The summed E-state index contributed by atoms with van der Waals surface area (Å²) >= 11 is 10.9. The van der Waals surface area contributed by atoms with Crippen molar-refractivity contribution in [1.29, 1.82) is 0 Å². The lowest BCUT2D eigenvalue weighted by atomic mass is 10.2. The van der Waals surface area contributed by atoms with E-state index in [2.05, 4.69) is 34.1 Å². The van der Waals surface area contributed by atoms with Gasteiger partial charge in [0, 0.05) is 21.9 Å². The summed E-state index contributed by atoms with van der Waals surface area (Å²) in [7, 11) is 0. The Kier molecular flexibility index (Phi) is 5.12. The van der Waals surface area contributed by atoms with E-state index in [4.69, 9.17) is 11.6 Å². The fraction of sp³-hybridized carbons (Fsp3) is 0.333. The third kappa shape index (κ3) is 3.38. The van der Waals surface area contributed by atoms with Crippen LogP contribution in [0, 0.1) is 0 Å². The van der Waals surface area contributed by atoms with Crippen molar-refractivity contribution in [3.8, 4) is 0 Å². The summed E-state index contributed by atoms with van der Waals surface area (Å²) in [6.45, 7) is 0. The molecular formula is C9H10BrClS. The maximum Gasteiger partial charge on any atom is 0.0314 e. The Labute approximate surface area is 90.8 Å². The Balaban J connectivity index is 2.46. The predicted octanol–water partition coefficient (Wildman–Crippen LogP) is 3.92. The lowest BCUT2D eigenvalue weighted by Crippen LogP contribution is -1.84. The van der Waals surface area contributed by atoms with Crippen LogP contribution in [-0.4, -0.2) is 11.6 Å². The first-order valence-electron chi connectivity index (χ1n) is 3.71. The van der Waals surface area contributed by atoms with Gasteiger partial charge in [0.1, 0.15) is 0 Å². The van der Waals surface area contributed by atoms with Gasteiger partial charge in [0.05, 0.1) is 0 Å². The Bertz CT molecular complexity index is 240. The van der Waals surface area contributed by atoms with Gasteiger partial charge in [0.2, 0.25) is 0 Å². The monoisotopic (exact) mass is 264 g/mol. The second-order valence-electron chi connectivity index (χ2n) is 2.33. The van der Waals surface area contributed by atoms with E-state index in [0.717, 1.165) is 17.4 Å². The number of hydrogen-bond donors (Lipinski definition) is 0. The average Bonchev–Trinajstić information content (AvgIpc) is 2.09. The summed E-state index contributed by atoms with van der Waals surface area (Å²) < 4.78 is 1.19. The quantitative estimate of drug-likeness (QED) is 0.587. The summed E-state index contributed by atoms with van der Waals surface area (Å²) in [5.74, 6) is 2.78. The van der Waals surface area contributed by atoms with Gasteiger partial charge in [-0.1, -0.05) is 34.1 Å². The third-order valence-electron chi connectivity index (χ3n) is 1.44. The lowest BCUT2D eigenvalue weighted by molar-refractivity contribution is 1.37. The van der Waals surface area contributed by atoms with E-state index in [9.17, 15) is 0 Å². The van der Waals surface area contributed by atoms with E-state index in [1.54, 1.807) is 0 Å². The van der Waals surface area contributed by atoms with Crippen molar-refractivity contribution in [2.45, 2.75) is 5.75 Å². The highest BCUT2D eigenvalue weighted by Crippen LogP contribution is 2.21. The molecule has 0 saturated carbocycles. The molecule has 0 heterocycles. The van der Waals surface area contributed by atoms with Crippen molar-refractivity contribution in [3.05, 3.63) is 34.3 Å². The van der Waals surface area contributed by atoms with Gasteiger partial charge in [0.25, 0.3) is 0 Å². The van der Waals surface area contributed by atoms with Crippen molar-refractivity contribution in [1.82, 2.24) is 0 Å². The van der Waals surface area contributed by atoms with E-state index in [0.29, 0.717) is 0 Å². The maximum absolute atomic E-state index is 5.57. The highest BCUT2D eigenvalue weighted by molar-refractivity contribution is 9.10. The normalized spacial score (nSPS) is 10.2. The number of hydrogen-bond acceptors (Lipinski definition) is 1. The minimum Gasteiger partial charge on any atom is -0.156 e. The van der Waals surface area contributed by atoms with Gasteiger partial charge in [-0.3, -0.25) is 0 Å². The van der Waals surface area contributed by atoms with Crippen LogP contribution < -0.4 is 0 Å². The summed E-state index contributed by atoms with van der Waals surface area (Å²) in [4.78, 5) is 0.